The van der Waals surface area contributed by atoms with Crippen LogP contribution in [0.1, 0.15) is 62.3 Å². The van der Waals surface area contributed by atoms with Gasteiger partial charge in [0.05, 0.1) is 28.3 Å². The lowest BCUT2D eigenvalue weighted by Gasteiger charge is -2.43. The van der Waals surface area contributed by atoms with Crippen molar-refractivity contribution in [2.45, 2.75) is 65.0 Å². The summed E-state index contributed by atoms with van der Waals surface area (Å²) < 4.78 is 7.82. The fourth-order valence-electron chi connectivity index (χ4n) is 5.95. The molecule has 1 saturated carbocycles. The van der Waals surface area contributed by atoms with Crippen LogP contribution in [0.3, 0.4) is 0 Å². The maximum Gasteiger partial charge on any atom is 0.408 e. The van der Waals surface area contributed by atoms with E-state index in [0.717, 1.165) is 75.9 Å². The molecule has 0 bridgehead atoms. The van der Waals surface area contributed by atoms with Crippen LogP contribution in [0.5, 0.6) is 0 Å². The molecule has 0 radical (unpaired) electrons. The van der Waals surface area contributed by atoms with Crippen molar-refractivity contribution in [3.05, 3.63) is 103 Å². The minimum atomic E-state index is -0.550. The van der Waals surface area contributed by atoms with Gasteiger partial charge >= 0.3 is 6.09 Å². The number of ether oxygens (including phenoxy) is 1. The number of pyridine rings is 1. The zero-order valence-corrected chi connectivity index (χ0v) is 26.0. The second-order valence-corrected chi connectivity index (χ2v) is 12.0. The van der Waals surface area contributed by atoms with Crippen LogP contribution in [0.15, 0.2) is 97.2 Å². The predicted molar refractivity (Wildman–Crippen MR) is 181 cm³/mol. The zero-order chi connectivity index (χ0) is 30.9. The molecule has 2 aromatic heterocycles. The first-order valence-electron chi connectivity index (χ1n) is 15.4. The Morgan fingerprint density at radius 3 is 2.30 bits per heavy atom. The van der Waals surface area contributed by atoms with Gasteiger partial charge in [-0.2, -0.15) is 0 Å². The van der Waals surface area contributed by atoms with E-state index in [1.54, 1.807) is 6.20 Å². The molecule has 1 aliphatic heterocycles. The van der Waals surface area contributed by atoms with Crippen LogP contribution in [0.25, 0.3) is 39.6 Å². The summed E-state index contributed by atoms with van der Waals surface area (Å²) >= 11 is 0. The minimum Gasteiger partial charge on any atom is -0.444 e. The topological polar surface area (TPSA) is 81.1 Å². The van der Waals surface area contributed by atoms with Gasteiger partial charge in [0, 0.05) is 25.7 Å². The lowest BCUT2D eigenvalue weighted by molar-refractivity contribution is 0.0377. The molecule has 0 atom stereocenters. The van der Waals surface area contributed by atoms with Crippen molar-refractivity contribution in [3.63, 3.8) is 0 Å². The Hall–Kier alpha value is -4.91. The number of rotatable bonds is 4. The van der Waals surface area contributed by atoms with Gasteiger partial charge in [-0.1, -0.05) is 80.6 Å². The summed E-state index contributed by atoms with van der Waals surface area (Å²) in [5, 5.41) is 6.71. The molecule has 1 amide bonds. The summed E-state index contributed by atoms with van der Waals surface area (Å²) in [5.41, 5.74) is 6.95. The van der Waals surface area contributed by atoms with Crippen molar-refractivity contribution in [2.24, 2.45) is 0 Å². The highest BCUT2D eigenvalue weighted by molar-refractivity contribution is 5.90. The van der Waals surface area contributed by atoms with E-state index in [9.17, 15) is 4.79 Å². The number of nitrogens with one attached hydrogen (secondary N) is 2. The highest BCUT2D eigenvalue weighted by Gasteiger charge is 2.41. The van der Waals surface area contributed by atoms with Gasteiger partial charge in [-0.05, 0) is 69.9 Å². The quantitative estimate of drug-likeness (QED) is 0.214. The van der Waals surface area contributed by atoms with E-state index in [-0.39, 0.29) is 8.95 Å². The predicted octanol–water partition coefficient (Wildman–Crippen LogP) is 9.75. The van der Waals surface area contributed by atoms with E-state index in [1.807, 2.05) is 71.0 Å². The van der Waals surface area contributed by atoms with E-state index < -0.39 is 11.1 Å². The zero-order valence-electron chi connectivity index (χ0n) is 26.0. The van der Waals surface area contributed by atoms with Crippen molar-refractivity contribution in [1.29, 1.82) is 0 Å². The third-order valence-electron chi connectivity index (χ3n) is 8.03. The summed E-state index contributed by atoms with van der Waals surface area (Å²) in [4.78, 5) is 22.7. The van der Waals surface area contributed by atoms with Gasteiger partial charge in [-0.25, -0.2) is 14.8 Å². The number of aromatic nitrogens is 3. The number of imidazole rings is 1. The number of anilines is 2. The van der Waals surface area contributed by atoms with Crippen molar-refractivity contribution in [2.75, 3.05) is 5.32 Å². The maximum absolute atomic E-state index is 12.7. The highest BCUT2D eigenvalue weighted by Crippen LogP contribution is 2.46. The van der Waals surface area contributed by atoms with Crippen LogP contribution in [0.4, 0.5) is 16.3 Å². The maximum atomic E-state index is 12.7. The monoisotopic (exact) mass is 589 g/mol. The van der Waals surface area contributed by atoms with Gasteiger partial charge in [0.15, 0.2) is 5.82 Å². The second kappa shape index (κ2) is 11.6. The molecule has 228 valence electrons. The van der Waals surface area contributed by atoms with E-state index in [1.165, 1.54) is 0 Å². The largest absolute Gasteiger partial charge is 0.444 e. The Morgan fingerprint density at radius 1 is 0.909 bits per heavy atom. The molecule has 0 spiro atoms. The van der Waals surface area contributed by atoms with Crippen molar-refractivity contribution in [1.82, 2.24) is 19.9 Å². The standard InChI is InChI=1S/C35H33N5O2.C2H6.2H2/c1-34(2,3)42-33(41)39-35(20-10-21-35)25-18-16-24(17-19-25)30-29(23-11-5-4-6-12-23)38-32-26-13-7-8-14-27(26)37-31-28(40(30)32)15-9-22-36-31;1-2;;/h4-9,11-19,22H,10,20-21H2,1-3H3,(H,36,37)(H,39,41);1-2H3;2*1H. The first-order chi connectivity index (χ1) is 21.3. The van der Waals surface area contributed by atoms with Gasteiger partial charge in [-0.15, -0.1) is 0 Å². The number of alkyl carbamates (subject to hydrolysis) is 1. The molecule has 1 aliphatic carbocycles. The Bertz CT molecular complexity index is 1790. The number of hydrogen-bond donors (Lipinski definition) is 2. The first kappa shape index (κ1) is 29.2. The number of para-hydroxylation sites is 1. The molecule has 3 aromatic carbocycles. The van der Waals surface area contributed by atoms with E-state index in [2.05, 4.69) is 69.8 Å². The number of amides is 1. The van der Waals surface area contributed by atoms with Crippen LogP contribution < -0.4 is 10.6 Å². The molecular weight excluding hydrogens is 546 g/mol. The van der Waals surface area contributed by atoms with Crippen molar-refractivity contribution in [3.8, 4) is 39.6 Å². The average Bonchev–Trinajstić information content (AvgIpc) is 3.34. The Labute approximate surface area is 262 Å². The summed E-state index contributed by atoms with van der Waals surface area (Å²) in [5.74, 6) is 1.62. The lowest BCUT2D eigenvalue weighted by atomic mass is 9.71. The van der Waals surface area contributed by atoms with Crippen molar-refractivity contribution >= 4 is 17.6 Å². The SMILES string of the molecule is CC.CC(C)(C)OC(=O)NC1(c2ccc(-c3c(-c4ccccc4)nc4n3-c3cccnc3Nc3ccccc3-4)cc2)CCC1.[HH].[HH]. The van der Waals surface area contributed by atoms with Gasteiger partial charge in [0.2, 0.25) is 0 Å². The normalized spacial score (nSPS) is 14.2. The third kappa shape index (κ3) is 5.34. The third-order valence-corrected chi connectivity index (χ3v) is 8.03. The molecule has 44 heavy (non-hydrogen) atoms. The van der Waals surface area contributed by atoms with Crippen LogP contribution in [0.2, 0.25) is 0 Å². The number of carbonyl (C=O) groups excluding carboxylic acids is 1. The summed E-state index contributed by atoms with van der Waals surface area (Å²) in [6.07, 6.45) is 4.24. The molecular formula is C37H43N5O2. The molecule has 7 heteroatoms. The number of nitrogens with zero attached hydrogens (tertiary/aromatic N) is 3. The molecule has 7 nitrogen and oxygen atoms in total. The molecule has 2 aliphatic rings. The van der Waals surface area contributed by atoms with E-state index in [0.29, 0.717) is 0 Å². The number of fused-ring (bicyclic) bond motifs is 5. The van der Waals surface area contributed by atoms with Crippen LogP contribution >= 0.6 is 0 Å². The summed E-state index contributed by atoms with van der Waals surface area (Å²) in [7, 11) is 0. The molecule has 0 unspecified atom stereocenters. The molecule has 1 fully saturated rings. The summed E-state index contributed by atoms with van der Waals surface area (Å²) in [6.45, 7) is 9.65. The van der Waals surface area contributed by atoms with Crippen LogP contribution in [0, 0.1) is 0 Å². The van der Waals surface area contributed by atoms with E-state index >= 15 is 0 Å². The molecule has 7 rings (SSSR count). The first-order valence-corrected chi connectivity index (χ1v) is 15.4. The Balaban J connectivity index is 0.00000118. The fourth-order valence-corrected chi connectivity index (χ4v) is 5.95. The number of hydrogen-bond acceptors (Lipinski definition) is 5. The van der Waals surface area contributed by atoms with Gasteiger partial charge < -0.3 is 15.4 Å². The Kier molecular flexibility index (Phi) is 7.72. The minimum absolute atomic E-state index is 0. The van der Waals surface area contributed by atoms with Gasteiger partial charge in [0.25, 0.3) is 0 Å². The lowest BCUT2D eigenvalue weighted by Crippen LogP contribution is -2.52. The average molecular weight is 590 g/mol. The molecule has 3 heterocycles. The highest BCUT2D eigenvalue weighted by atomic mass is 16.6. The molecule has 5 aromatic rings. The number of benzene rings is 3. The second-order valence-electron chi connectivity index (χ2n) is 12.0. The smallest absolute Gasteiger partial charge is 0.408 e. The fraction of sp³-hybridized carbons (Fsp3) is 0.270. The molecule has 2 N–H and O–H groups in total. The number of carbonyl (C=O) groups is 1. The van der Waals surface area contributed by atoms with Crippen LogP contribution in [-0.4, -0.2) is 26.2 Å². The van der Waals surface area contributed by atoms with E-state index in [4.69, 9.17) is 14.7 Å². The van der Waals surface area contributed by atoms with Crippen molar-refractivity contribution < 1.29 is 12.4 Å². The summed E-state index contributed by atoms with van der Waals surface area (Å²) in [6, 6.07) is 31.1. The molecule has 0 saturated heterocycles. The van der Waals surface area contributed by atoms with Gasteiger partial charge in [0.1, 0.15) is 11.4 Å². The Morgan fingerprint density at radius 2 is 1.61 bits per heavy atom. The van der Waals surface area contributed by atoms with Crippen LogP contribution in [-0.2, 0) is 10.3 Å². The van der Waals surface area contributed by atoms with Gasteiger partial charge in [-0.3, -0.25) is 4.57 Å².